The zero-order chi connectivity index (χ0) is 83.6. The van der Waals surface area contributed by atoms with E-state index in [0.717, 1.165) is 180 Å². The predicted molar refractivity (Wildman–Crippen MR) is 482 cm³/mol. The third-order valence-electron chi connectivity index (χ3n) is 18.9. The molecule has 0 radical (unpaired) electrons. The molecule has 0 heterocycles. The summed E-state index contributed by atoms with van der Waals surface area (Å²) >= 11 is 0. The Bertz CT molecular complexity index is 2770. The lowest BCUT2D eigenvalue weighted by Gasteiger charge is -2.21. The van der Waals surface area contributed by atoms with Crippen molar-refractivity contribution in [3.8, 4) is 0 Å². The van der Waals surface area contributed by atoms with Gasteiger partial charge in [0.15, 0.2) is 6.10 Å². The molecule has 0 aliphatic carbocycles. The van der Waals surface area contributed by atoms with Crippen LogP contribution in [0.15, 0.2) is 170 Å². The van der Waals surface area contributed by atoms with Gasteiger partial charge in [0.1, 0.15) is 25.4 Å². The molecule has 0 fully saturated rings. The Morgan fingerprint density at radius 2 is 0.461 bits per heavy atom. The monoisotopic (exact) mass is 1650 g/mol. The van der Waals surface area contributed by atoms with E-state index in [2.05, 4.69) is 191 Å². The van der Waals surface area contributed by atoms with Crippen molar-refractivity contribution in [1.29, 1.82) is 0 Å². The molecule has 0 aliphatic rings. The van der Waals surface area contributed by atoms with Crippen LogP contribution in [0, 0.1) is 0 Å². The molecule has 16 nitrogen and oxygen atoms in total. The molecule has 18 heteroatoms. The molecule has 0 saturated carbocycles. The molecule has 658 valence electrons. The first kappa shape index (κ1) is 110. The minimum absolute atomic E-state index is 0.0865. The van der Waals surface area contributed by atoms with Gasteiger partial charge in [0.2, 0.25) is 0 Å². The average molecular weight is 1650 g/mol. The van der Waals surface area contributed by atoms with Gasteiger partial charge in [-0.15, -0.1) is 0 Å². The van der Waals surface area contributed by atoms with Crippen molar-refractivity contribution in [3.63, 3.8) is 0 Å². The molecule has 115 heavy (non-hydrogen) atoms. The maximum absolute atomic E-state index is 13.1. The van der Waals surface area contributed by atoms with Gasteiger partial charge in [0.25, 0.3) is 0 Å². The van der Waals surface area contributed by atoms with Gasteiger partial charge in [-0.05, 0) is 161 Å². The fraction of sp³-hybridized carbons (Fsp3) is 0.680. The number of carbonyl (C=O) groups is 3. The van der Waals surface area contributed by atoms with Crippen LogP contribution in [0.4, 0.5) is 0 Å². The number of phosphoric acid groups is 2. The third kappa shape index (κ3) is 89.5. The maximum Gasteiger partial charge on any atom is 0.472 e. The Morgan fingerprint density at radius 3 is 0.730 bits per heavy atom. The summed E-state index contributed by atoms with van der Waals surface area (Å²) in [5.41, 5.74) is 0. The Kier molecular flexibility index (Phi) is 84.3. The summed E-state index contributed by atoms with van der Waals surface area (Å²) in [5, 5.41) is 20.7. The molecule has 5 unspecified atom stereocenters. The molecule has 0 amide bonds. The Hall–Kier alpha value is -5.09. The van der Waals surface area contributed by atoms with Gasteiger partial charge in [-0.2, -0.15) is 0 Å². The summed E-state index contributed by atoms with van der Waals surface area (Å²) < 4.78 is 61.5. The predicted octanol–water partition coefficient (Wildman–Crippen LogP) is 27.9. The second kappa shape index (κ2) is 88.2. The Balaban J connectivity index is 4.64. The van der Waals surface area contributed by atoms with Crippen LogP contribution in [0.1, 0.15) is 367 Å². The molecular weight excluding hydrogens is 1480 g/mol. The molecule has 4 N–H and O–H groups in total. The number of aliphatic hydroxyl groups excluding tert-OH is 2. The molecule has 0 saturated heterocycles. The summed E-state index contributed by atoms with van der Waals surface area (Å²) in [6, 6.07) is 0. The van der Waals surface area contributed by atoms with E-state index in [4.69, 9.17) is 32.3 Å². The number of unbranched alkanes of at least 4 members (excludes halogenated alkanes) is 34. The lowest BCUT2D eigenvalue weighted by molar-refractivity contribution is -0.161. The van der Waals surface area contributed by atoms with Crippen LogP contribution in [0.25, 0.3) is 0 Å². The van der Waals surface area contributed by atoms with Gasteiger partial charge in [-0.3, -0.25) is 32.5 Å². The maximum atomic E-state index is 13.1. The highest BCUT2D eigenvalue weighted by molar-refractivity contribution is 7.47. The number of ether oxygens (including phenoxy) is 3. The third-order valence-corrected chi connectivity index (χ3v) is 20.8. The number of rotatable bonds is 85. The minimum Gasteiger partial charge on any atom is -0.463 e. The van der Waals surface area contributed by atoms with Crippen LogP contribution < -0.4 is 0 Å². The molecule has 0 aromatic heterocycles. The van der Waals surface area contributed by atoms with Crippen molar-refractivity contribution in [3.05, 3.63) is 170 Å². The van der Waals surface area contributed by atoms with Crippen LogP contribution in [0.5, 0.6) is 0 Å². The highest BCUT2D eigenvalue weighted by Gasteiger charge is 2.29. The fourth-order valence-corrected chi connectivity index (χ4v) is 13.6. The Labute approximate surface area is 701 Å². The smallest absolute Gasteiger partial charge is 0.463 e. The topological polar surface area (TPSA) is 231 Å². The first-order chi connectivity index (χ1) is 56.2. The van der Waals surface area contributed by atoms with Crippen molar-refractivity contribution in [2.45, 2.75) is 386 Å². The summed E-state index contributed by atoms with van der Waals surface area (Å²) in [4.78, 5) is 59.0. The van der Waals surface area contributed by atoms with E-state index >= 15 is 0 Å². The van der Waals surface area contributed by atoms with E-state index in [-0.39, 0.29) is 19.3 Å². The second-order valence-electron chi connectivity index (χ2n) is 30.0. The zero-order valence-electron chi connectivity index (χ0n) is 72.4. The SMILES string of the molecule is CC/C=C\C/C=C\C/C=C\C/C=C\C/C=C\C/C=C\CCCCCCCCCCCCCCC(=O)OCC(O)COP(=O)(O)OCC(O)COP(=O)(O)OCC(COC(=O)CCCCCCCCCCC/C=C\C/C=C\C/C=C\C/C=C\CCCCC)OC(=O)CCCCCCCCC/C=C\C/C=C\C/C=C\C/C=C\CCCCC. The van der Waals surface area contributed by atoms with Crippen LogP contribution in [-0.4, -0.2) is 95.9 Å². The number of carbonyl (C=O) groups excluding carboxylic acids is 3. The van der Waals surface area contributed by atoms with Crippen LogP contribution in [0.2, 0.25) is 0 Å². The van der Waals surface area contributed by atoms with E-state index in [9.17, 15) is 43.5 Å². The summed E-state index contributed by atoms with van der Waals surface area (Å²) in [5.74, 6) is -1.59. The summed E-state index contributed by atoms with van der Waals surface area (Å²) in [7, 11) is -9.82. The number of aliphatic hydroxyl groups is 2. The number of phosphoric ester groups is 2. The first-order valence-corrected chi connectivity index (χ1v) is 48.4. The highest BCUT2D eigenvalue weighted by atomic mass is 31.2. The van der Waals surface area contributed by atoms with Crippen molar-refractivity contribution in [2.75, 3.05) is 39.6 Å². The van der Waals surface area contributed by atoms with Crippen LogP contribution in [-0.2, 0) is 55.8 Å². The molecule has 0 aliphatic heterocycles. The van der Waals surface area contributed by atoms with E-state index in [1.807, 2.05) is 0 Å². The minimum atomic E-state index is -4.95. The number of hydrogen-bond acceptors (Lipinski definition) is 14. The number of allylic oxidation sites excluding steroid dienone is 28. The normalized spacial score (nSPS) is 14.6. The zero-order valence-corrected chi connectivity index (χ0v) is 74.2. The molecule has 0 aromatic rings. The fourth-order valence-electron chi connectivity index (χ4n) is 12.0. The molecule has 0 rings (SSSR count). The van der Waals surface area contributed by atoms with Gasteiger partial charge in [0, 0.05) is 19.3 Å². The van der Waals surface area contributed by atoms with Gasteiger partial charge >= 0.3 is 33.6 Å². The van der Waals surface area contributed by atoms with E-state index in [1.54, 1.807) is 0 Å². The lowest BCUT2D eigenvalue weighted by Crippen LogP contribution is -2.30. The van der Waals surface area contributed by atoms with Gasteiger partial charge < -0.3 is 34.2 Å². The number of esters is 3. The van der Waals surface area contributed by atoms with E-state index < -0.39 is 91.5 Å². The molecule has 0 aromatic carbocycles. The van der Waals surface area contributed by atoms with Crippen molar-refractivity contribution >= 4 is 33.6 Å². The molecule has 0 bridgehead atoms. The largest absolute Gasteiger partial charge is 0.472 e. The van der Waals surface area contributed by atoms with Crippen molar-refractivity contribution < 1.29 is 75.8 Å². The molecular formula is C97H164O16P2. The first-order valence-electron chi connectivity index (χ1n) is 45.4. The van der Waals surface area contributed by atoms with Crippen LogP contribution >= 0.6 is 15.6 Å². The lowest BCUT2D eigenvalue weighted by atomic mass is 10.0. The molecule has 5 atom stereocenters. The van der Waals surface area contributed by atoms with Gasteiger partial charge in [-0.25, -0.2) is 9.13 Å². The van der Waals surface area contributed by atoms with E-state index in [1.165, 1.54) is 128 Å². The van der Waals surface area contributed by atoms with Crippen molar-refractivity contribution in [1.82, 2.24) is 0 Å². The van der Waals surface area contributed by atoms with Crippen molar-refractivity contribution in [2.24, 2.45) is 0 Å². The van der Waals surface area contributed by atoms with Gasteiger partial charge in [0.05, 0.1) is 26.4 Å². The highest BCUT2D eigenvalue weighted by Crippen LogP contribution is 2.45. The number of hydrogen-bond donors (Lipinski definition) is 4. The van der Waals surface area contributed by atoms with E-state index in [0.29, 0.717) is 19.3 Å². The Morgan fingerprint density at radius 1 is 0.252 bits per heavy atom. The standard InChI is InChI=1S/C97H164O16P2/c1-4-7-10-13-16-19-22-25-28-31-34-37-40-42-43-44-45-46-47-49-52-53-56-59-62-65-68-71-74-77-80-83-95(100)107-86-92(98)87-109-114(103,104)110-88-93(99)89-111-115(105,106)112-91-94(113-97(102)85-82-79-76-73-70-67-64-61-58-55-50-39-36-33-30-27-24-21-18-15-12-9-6-3)90-108-96(101)84-81-78-75-72-69-66-63-60-57-54-51-48-41-38-35-32-29-26-23-20-17-14-11-8-5-2/h7,10,16-21,25-30,34-39,42-43,45-46,48,51,55,58,92-94,98-99H,4-6,8-9,11-15,22-24,31-33,40-41,44,47,49-50,52-54,56-57,59-91H2,1-3H3,(H,103,104)(H,105,106)/b10-7-,19-16-,20-17-,21-18-,28-25-,29-26-,30-27-,37-34-,38-35-,39-36-,43-42-,46-45-,51-48-,58-55-. The van der Waals surface area contributed by atoms with Crippen LogP contribution in [0.3, 0.4) is 0 Å². The van der Waals surface area contributed by atoms with Gasteiger partial charge in [-0.1, -0.05) is 358 Å². The molecule has 0 spiro atoms. The summed E-state index contributed by atoms with van der Waals surface area (Å²) in [6.45, 7) is 2.52. The quantitative estimate of drug-likeness (QED) is 0.0146. The summed E-state index contributed by atoms with van der Waals surface area (Å²) in [6.07, 6.45) is 114. The second-order valence-corrected chi connectivity index (χ2v) is 32.9. The average Bonchev–Trinajstić information content (AvgIpc) is 0.903.